The van der Waals surface area contributed by atoms with E-state index in [2.05, 4.69) is 27.6 Å². The fraction of sp³-hybridized carbons (Fsp3) is 0.0714. The second-order valence-corrected chi connectivity index (χ2v) is 5.98. The van der Waals surface area contributed by atoms with E-state index in [0.717, 1.165) is 25.8 Å². The number of oxazole rings is 1. The number of nitrogens with two attached hydrogens (primary N) is 1. The Morgan fingerprint density at radius 3 is 2.84 bits per heavy atom. The molecule has 0 saturated heterocycles. The van der Waals surface area contributed by atoms with Gasteiger partial charge in [0, 0.05) is 9.26 Å². The highest BCUT2D eigenvalue weighted by Gasteiger charge is 2.13. The van der Waals surface area contributed by atoms with Gasteiger partial charge in [-0.05, 0) is 65.4 Å². The number of hydrogen-bond acceptors (Lipinski definition) is 3. The zero-order chi connectivity index (χ0) is 13.6. The van der Waals surface area contributed by atoms with Gasteiger partial charge in [0.15, 0.2) is 5.58 Å². The van der Waals surface area contributed by atoms with Crippen molar-refractivity contribution in [2.45, 2.75) is 6.92 Å². The van der Waals surface area contributed by atoms with Crippen molar-refractivity contribution in [2.24, 2.45) is 0 Å². The molecule has 1 heterocycles. The van der Waals surface area contributed by atoms with Crippen LogP contribution >= 0.6 is 34.2 Å². The number of aromatic nitrogens is 1. The highest BCUT2D eigenvalue weighted by Crippen LogP contribution is 2.32. The van der Waals surface area contributed by atoms with Crippen molar-refractivity contribution in [2.75, 3.05) is 5.73 Å². The highest BCUT2D eigenvalue weighted by atomic mass is 127. The Bertz CT molecular complexity index is 782. The molecular weight excluding hydrogens is 375 g/mol. The first-order chi connectivity index (χ1) is 9.04. The molecule has 0 unspecified atom stereocenters. The lowest BCUT2D eigenvalue weighted by Crippen LogP contribution is -1.85. The van der Waals surface area contributed by atoms with Crippen LogP contribution in [-0.2, 0) is 0 Å². The van der Waals surface area contributed by atoms with Gasteiger partial charge in [0.1, 0.15) is 5.52 Å². The Kier molecular flexibility index (Phi) is 3.14. The van der Waals surface area contributed by atoms with E-state index >= 15 is 0 Å². The Balaban J connectivity index is 2.26. The Hall–Kier alpha value is -1.27. The minimum absolute atomic E-state index is 0.521. The molecular formula is C14H10ClIN2O. The minimum Gasteiger partial charge on any atom is -0.436 e. The number of rotatable bonds is 1. The van der Waals surface area contributed by atoms with Gasteiger partial charge in [-0.2, -0.15) is 0 Å². The molecule has 0 amide bonds. The third kappa shape index (κ3) is 2.30. The maximum atomic E-state index is 6.20. The van der Waals surface area contributed by atoms with Crippen LogP contribution in [0.2, 0.25) is 5.02 Å². The van der Waals surface area contributed by atoms with Gasteiger partial charge in [-0.25, -0.2) is 4.98 Å². The molecule has 0 fully saturated rings. The topological polar surface area (TPSA) is 52.0 Å². The largest absolute Gasteiger partial charge is 0.436 e. The Morgan fingerprint density at radius 2 is 2.05 bits per heavy atom. The first-order valence-electron chi connectivity index (χ1n) is 5.66. The third-order valence-electron chi connectivity index (χ3n) is 2.86. The van der Waals surface area contributed by atoms with Crippen LogP contribution < -0.4 is 5.73 Å². The van der Waals surface area contributed by atoms with Crippen LogP contribution in [0, 0.1) is 10.5 Å². The van der Waals surface area contributed by atoms with E-state index in [1.165, 1.54) is 0 Å². The van der Waals surface area contributed by atoms with Crippen LogP contribution in [0.1, 0.15) is 5.56 Å². The fourth-order valence-electron chi connectivity index (χ4n) is 2.00. The van der Waals surface area contributed by atoms with E-state index in [1.54, 1.807) is 6.07 Å². The predicted octanol–water partition coefficient (Wildman–Crippen LogP) is 4.64. The van der Waals surface area contributed by atoms with Gasteiger partial charge in [0.25, 0.3) is 0 Å². The van der Waals surface area contributed by atoms with E-state index in [-0.39, 0.29) is 0 Å². The molecule has 2 aromatic carbocycles. The summed E-state index contributed by atoms with van der Waals surface area (Å²) >= 11 is 8.43. The first kappa shape index (κ1) is 12.7. The van der Waals surface area contributed by atoms with Crippen LogP contribution in [0.4, 0.5) is 5.69 Å². The lowest BCUT2D eigenvalue weighted by atomic mass is 10.2. The van der Waals surface area contributed by atoms with Crippen molar-refractivity contribution >= 4 is 51.0 Å². The maximum absolute atomic E-state index is 6.20. The molecule has 0 atom stereocenters. The standard InChI is InChI=1S/C14H10ClIN2O/c1-7-4-9(17)6-12-13(7)19-14(18-12)10-5-8(16)2-3-11(10)15/h2-6H,17H2,1H3. The summed E-state index contributed by atoms with van der Waals surface area (Å²) in [5.41, 5.74) is 9.76. The highest BCUT2D eigenvalue weighted by molar-refractivity contribution is 14.1. The van der Waals surface area contributed by atoms with Crippen molar-refractivity contribution in [1.29, 1.82) is 0 Å². The normalized spacial score (nSPS) is 11.1. The van der Waals surface area contributed by atoms with Crippen molar-refractivity contribution < 1.29 is 4.42 Å². The molecule has 3 rings (SSSR count). The molecule has 0 aliphatic rings. The predicted molar refractivity (Wildman–Crippen MR) is 86.3 cm³/mol. The van der Waals surface area contributed by atoms with E-state index in [1.807, 2.05) is 31.2 Å². The molecule has 1 aromatic heterocycles. The van der Waals surface area contributed by atoms with Crippen LogP contribution in [0.15, 0.2) is 34.7 Å². The summed E-state index contributed by atoms with van der Waals surface area (Å²) in [6.07, 6.45) is 0. The zero-order valence-electron chi connectivity index (χ0n) is 10.1. The summed E-state index contributed by atoms with van der Waals surface area (Å²) in [7, 11) is 0. The average Bonchev–Trinajstić information content (AvgIpc) is 2.76. The second kappa shape index (κ2) is 4.68. The molecule has 0 saturated carbocycles. The Morgan fingerprint density at radius 1 is 1.26 bits per heavy atom. The van der Waals surface area contributed by atoms with Gasteiger partial charge in [-0.15, -0.1) is 0 Å². The van der Waals surface area contributed by atoms with E-state index in [0.29, 0.717) is 16.6 Å². The summed E-state index contributed by atoms with van der Waals surface area (Å²) in [6.45, 7) is 1.95. The fourth-order valence-corrected chi connectivity index (χ4v) is 2.69. The van der Waals surface area contributed by atoms with Gasteiger partial charge in [0.2, 0.25) is 5.89 Å². The quantitative estimate of drug-likeness (QED) is 0.491. The maximum Gasteiger partial charge on any atom is 0.228 e. The van der Waals surface area contributed by atoms with Crippen molar-refractivity contribution in [3.63, 3.8) is 0 Å². The number of fused-ring (bicyclic) bond motifs is 1. The molecule has 0 radical (unpaired) electrons. The summed E-state index contributed by atoms with van der Waals surface area (Å²) in [6, 6.07) is 9.41. The monoisotopic (exact) mass is 384 g/mol. The van der Waals surface area contributed by atoms with Crippen LogP contribution in [0.5, 0.6) is 0 Å². The molecule has 0 aliphatic heterocycles. The zero-order valence-corrected chi connectivity index (χ0v) is 13.0. The number of nitrogens with zero attached hydrogens (tertiary/aromatic N) is 1. The number of halogens is 2. The van der Waals surface area contributed by atoms with E-state index in [9.17, 15) is 0 Å². The molecule has 0 bridgehead atoms. The summed E-state index contributed by atoms with van der Waals surface area (Å²) in [5.74, 6) is 0.521. The summed E-state index contributed by atoms with van der Waals surface area (Å²) in [5, 5.41) is 0.623. The molecule has 2 N–H and O–H groups in total. The van der Waals surface area contributed by atoms with Crippen LogP contribution in [-0.4, -0.2) is 4.98 Å². The third-order valence-corrected chi connectivity index (χ3v) is 3.86. The number of benzene rings is 2. The van der Waals surface area contributed by atoms with Gasteiger partial charge < -0.3 is 10.2 Å². The number of nitrogen functional groups attached to an aromatic ring is 1. The molecule has 96 valence electrons. The number of anilines is 1. The second-order valence-electron chi connectivity index (χ2n) is 4.33. The van der Waals surface area contributed by atoms with Crippen molar-refractivity contribution in [3.8, 4) is 11.5 Å². The van der Waals surface area contributed by atoms with Gasteiger partial charge >= 0.3 is 0 Å². The average molecular weight is 385 g/mol. The van der Waals surface area contributed by atoms with E-state index < -0.39 is 0 Å². The smallest absolute Gasteiger partial charge is 0.228 e. The van der Waals surface area contributed by atoms with Crippen molar-refractivity contribution in [1.82, 2.24) is 4.98 Å². The molecule has 19 heavy (non-hydrogen) atoms. The molecule has 3 aromatic rings. The van der Waals surface area contributed by atoms with Crippen LogP contribution in [0.25, 0.3) is 22.6 Å². The first-order valence-corrected chi connectivity index (χ1v) is 7.12. The van der Waals surface area contributed by atoms with Crippen molar-refractivity contribution in [3.05, 3.63) is 44.5 Å². The van der Waals surface area contributed by atoms with Gasteiger partial charge in [0.05, 0.1) is 10.6 Å². The molecule has 3 nitrogen and oxygen atoms in total. The lowest BCUT2D eigenvalue weighted by molar-refractivity contribution is 0.617. The number of aryl methyl sites for hydroxylation is 1. The molecule has 0 spiro atoms. The van der Waals surface area contributed by atoms with Gasteiger partial charge in [-0.3, -0.25) is 0 Å². The number of hydrogen-bond donors (Lipinski definition) is 1. The summed E-state index contributed by atoms with van der Waals surface area (Å²) in [4.78, 5) is 4.47. The van der Waals surface area contributed by atoms with E-state index in [4.69, 9.17) is 21.8 Å². The van der Waals surface area contributed by atoms with Gasteiger partial charge in [-0.1, -0.05) is 11.6 Å². The SMILES string of the molecule is Cc1cc(N)cc2nc(-c3cc(I)ccc3Cl)oc12. The summed E-state index contributed by atoms with van der Waals surface area (Å²) < 4.78 is 6.90. The Labute approximate surface area is 128 Å². The van der Waals surface area contributed by atoms with Crippen LogP contribution in [0.3, 0.4) is 0 Å². The molecule has 0 aliphatic carbocycles. The lowest BCUT2D eigenvalue weighted by Gasteiger charge is -1.99. The minimum atomic E-state index is 0.521. The molecule has 5 heteroatoms.